The molecule has 0 aliphatic rings. The van der Waals surface area contributed by atoms with Gasteiger partial charge in [0.25, 0.3) is 0 Å². The van der Waals surface area contributed by atoms with Gasteiger partial charge in [0.15, 0.2) is 0 Å². The lowest BCUT2D eigenvalue weighted by Crippen LogP contribution is -1.92. The van der Waals surface area contributed by atoms with Crippen molar-refractivity contribution in [2.24, 2.45) is 0 Å². The molecular formula is C12H14N2O3. The van der Waals surface area contributed by atoms with Crippen LogP contribution in [0.15, 0.2) is 28.8 Å². The number of phenolic OH excluding ortho intramolecular Hbond substituents is 1. The maximum Gasteiger partial charge on any atom is 0.227 e. The van der Waals surface area contributed by atoms with Crippen LogP contribution in [0.25, 0.3) is 11.4 Å². The van der Waals surface area contributed by atoms with Crippen molar-refractivity contribution < 1.29 is 14.4 Å². The van der Waals surface area contributed by atoms with Crippen LogP contribution in [0.3, 0.4) is 0 Å². The lowest BCUT2D eigenvalue weighted by atomic mass is 10.2. The fourth-order valence-electron chi connectivity index (χ4n) is 1.49. The maximum absolute atomic E-state index is 9.35. The van der Waals surface area contributed by atoms with E-state index in [1.807, 2.05) is 6.07 Å². The van der Waals surface area contributed by atoms with Gasteiger partial charge in [-0.1, -0.05) is 17.3 Å². The average molecular weight is 234 g/mol. The molecule has 2 aromatic rings. The van der Waals surface area contributed by atoms with E-state index in [1.54, 1.807) is 25.3 Å². The van der Waals surface area contributed by atoms with Crippen LogP contribution in [0.1, 0.15) is 12.3 Å². The Kier molecular flexibility index (Phi) is 3.72. The second kappa shape index (κ2) is 5.45. The van der Waals surface area contributed by atoms with Gasteiger partial charge in [0.2, 0.25) is 11.7 Å². The number of ether oxygens (including phenoxy) is 1. The number of rotatable bonds is 5. The Morgan fingerprint density at radius 1 is 1.41 bits per heavy atom. The molecule has 1 heterocycles. The molecule has 0 aliphatic heterocycles. The summed E-state index contributed by atoms with van der Waals surface area (Å²) in [6.07, 6.45) is 1.54. The minimum absolute atomic E-state index is 0.188. The molecule has 2 rings (SSSR count). The molecule has 0 radical (unpaired) electrons. The summed E-state index contributed by atoms with van der Waals surface area (Å²) in [4.78, 5) is 4.25. The lowest BCUT2D eigenvalue weighted by molar-refractivity contribution is 0.192. The standard InChI is InChI=1S/C12H14N2O3/c1-16-7-3-6-11-13-12(14-17-11)9-4-2-5-10(15)8-9/h2,4-5,8,15H,3,6-7H2,1H3. The molecule has 0 bridgehead atoms. The first kappa shape index (κ1) is 11.6. The second-order valence-electron chi connectivity index (χ2n) is 3.66. The largest absolute Gasteiger partial charge is 0.508 e. The van der Waals surface area contributed by atoms with Crippen molar-refractivity contribution in [2.75, 3.05) is 13.7 Å². The van der Waals surface area contributed by atoms with Crippen LogP contribution in [0.4, 0.5) is 0 Å². The molecule has 1 aromatic heterocycles. The molecule has 0 saturated heterocycles. The van der Waals surface area contributed by atoms with E-state index in [-0.39, 0.29) is 5.75 Å². The first-order valence-corrected chi connectivity index (χ1v) is 5.40. The molecule has 1 N–H and O–H groups in total. The van der Waals surface area contributed by atoms with Gasteiger partial charge in [0.1, 0.15) is 5.75 Å². The third-order valence-electron chi connectivity index (χ3n) is 2.31. The van der Waals surface area contributed by atoms with E-state index in [0.29, 0.717) is 24.7 Å². The van der Waals surface area contributed by atoms with Crippen molar-refractivity contribution in [3.63, 3.8) is 0 Å². The number of hydrogen-bond donors (Lipinski definition) is 1. The molecule has 0 amide bonds. The Bertz CT molecular complexity index is 482. The third kappa shape index (κ3) is 3.04. The molecule has 5 heteroatoms. The van der Waals surface area contributed by atoms with Gasteiger partial charge >= 0.3 is 0 Å². The number of nitrogens with zero attached hydrogens (tertiary/aromatic N) is 2. The molecule has 90 valence electrons. The first-order valence-electron chi connectivity index (χ1n) is 5.40. The molecule has 0 spiro atoms. The van der Waals surface area contributed by atoms with Crippen molar-refractivity contribution in [1.82, 2.24) is 10.1 Å². The molecule has 17 heavy (non-hydrogen) atoms. The van der Waals surface area contributed by atoms with Gasteiger partial charge in [-0.2, -0.15) is 4.98 Å². The fourth-order valence-corrected chi connectivity index (χ4v) is 1.49. The van der Waals surface area contributed by atoms with E-state index in [4.69, 9.17) is 9.26 Å². The van der Waals surface area contributed by atoms with E-state index in [1.165, 1.54) is 0 Å². The van der Waals surface area contributed by atoms with Crippen molar-refractivity contribution in [1.29, 1.82) is 0 Å². The topological polar surface area (TPSA) is 68.4 Å². The number of methoxy groups -OCH3 is 1. The van der Waals surface area contributed by atoms with E-state index in [0.717, 1.165) is 12.0 Å². The minimum atomic E-state index is 0.188. The van der Waals surface area contributed by atoms with E-state index in [9.17, 15) is 5.11 Å². The zero-order valence-corrected chi connectivity index (χ0v) is 9.59. The number of aromatic hydroxyl groups is 1. The summed E-state index contributed by atoms with van der Waals surface area (Å²) in [5, 5.41) is 13.2. The second-order valence-corrected chi connectivity index (χ2v) is 3.66. The predicted octanol–water partition coefficient (Wildman–Crippen LogP) is 2.02. The highest BCUT2D eigenvalue weighted by Crippen LogP contribution is 2.20. The Morgan fingerprint density at radius 2 is 2.29 bits per heavy atom. The highest BCUT2D eigenvalue weighted by molar-refractivity contribution is 5.56. The number of hydrogen-bond acceptors (Lipinski definition) is 5. The summed E-state index contributed by atoms with van der Waals surface area (Å²) in [6, 6.07) is 6.77. The van der Waals surface area contributed by atoms with Crippen LogP contribution >= 0.6 is 0 Å². The number of benzene rings is 1. The summed E-state index contributed by atoms with van der Waals surface area (Å²) in [6.45, 7) is 0.670. The molecule has 0 aliphatic carbocycles. The maximum atomic E-state index is 9.35. The van der Waals surface area contributed by atoms with Crippen LogP contribution in [-0.4, -0.2) is 29.0 Å². The number of aryl methyl sites for hydroxylation is 1. The lowest BCUT2D eigenvalue weighted by Gasteiger charge is -1.95. The Morgan fingerprint density at radius 3 is 3.06 bits per heavy atom. The minimum Gasteiger partial charge on any atom is -0.508 e. The Balaban J connectivity index is 2.07. The van der Waals surface area contributed by atoms with Gasteiger partial charge in [0, 0.05) is 25.7 Å². The van der Waals surface area contributed by atoms with Crippen molar-refractivity contribution in [3.05, 3.63) is 30.2 Å². The van der Waals surface area contributed by atoms with E-state index < -0.39 is 0 Å². The zero-order chi connectivity index (χ0) is 12.1. The van der Waals surface area contributed by atoms with Gasteiger partial charge in [-0.3, -0.25) is 0 Å². The summed E-state index contributed by atoms with van der Waals surface area (Å²) in [5.41, 5.74) is 0.742. The predicted molar refractivity (Wildman–Crippen MR) is 61.6 cm³/mol. The molecule has 0 fully saturated rings. The SMILES string of the molecule is COCCCc1nc(-c2cccc(O)c2)no1. The molecule has 0 unspecified atom stereocenters. The van der Waals surface area contributed by atoms with Crippen molar-refractivity contribution in [2.45, 2.75) is 12.8 Å². The number of phenols is 1. The van der Waals surface area contributed by atoms with Crippen molar-refractivity contribution in [3.8, 4) is 17.1 Å². The van der Waals surface area contributed by atoms with Gasteiger partial charge in [-0.15, -0.1) is 0 Å². The number of aromatic nitrogens is 2. The smallest absolute Gasteiger partial charge is 0.227 e. The highest BCUT2D eigenvalue weighted by atomic mass is 16.5. The Hall–Kier alpha value is -1.88. The fraction of sp³-hybridized carbons (Fsp3) is 0.333. The molecule has 5 nitrogen and oxygen atoms in total. The summed E-state index contributed by atoms with van der Waals surface area (Å²) in [5.74, 6) is 1.27. The first-order chi connectivity index (χ1) is 8.29. The van der Waals surface area contributed by atoms with Crippen LogP contribution in [0, 0.1) is 0 Å². The molecular weight excluding hydrogens is 220 g/mol. The Labute approximate surface area is 99.0 Å². The molecule has 0 saturated carbocycles. The summed E-state index contributed by atoms with van der Waals surface area (Å²) >= 11 is 0. The monoisotopic (exact) mass is 234 g/mol. The van der Waals surface area contributed by atoms with Gasteiger partial charge < -0.3 is 14.4 Å². The quantitative estimate of drug-likeness (QED) is 0.801. The van der Waals surface area contributed by atoms with Crippen LogP contribution in [0.5, 0.6) is 5.75 Å². The highest BCUT2D eigenvalue weighted by Gasteiger charge is 2.08. The van der Waals surface area contributed by atoms with Gasteiger partial charge in [-0.05, 0) is 18.6 Å². The molecule has 0 atom stereocenters. The van der Waals surface area contributed by atoms with Gasteiger partial charge in [-0.25, -0.2) is 0 Å². The normalized spacial score (nSPS) is 10.6. The zero-order valence-electron chi connectivity index (χ0n) is 9.59. The summed E-state index contributed by atoms with van der Waals surface area (Å²) < 4.78 is 10.1. The van der Waals surface area contributed by atoms with Crippen LogP contribution in [-0.2, 0) is 11.2 Å². The van der Waals surface area contributed by atoms with Gasteiger partial charge in [0.05, 0.1) is 0 Å². The van der Waals surface area contributed by atoms with Crippen molar-refractivity contribution >= 4 is 0 Å². The van der Waals surface area contributed by atoms with E-state index >= 15 is 0 Å². The summed E-state index contributed by atoms with van der Waals surface area (Å²) in [7, 11) is 1.66. The molecule has 1 aromatic carbocycles. The van der Waals surface area contributed by atoms with Crippen LogP contribution in [0.2, 0.25) is 0 Å². The van der Waals surface area contributed by atoms with Crippen LogP contribution < -0.4 is 0 Å². The third-order valence-corrected chi connectivity index (χ3v) is 2.31. The average Bonchev–Trinajstić information content (AvgIpc) is 2.78. The van der Waals surface area contributed by atoms with E-state index in [2.05, 4.69) is 10.1 Å².